The minimum atomic E-state index is -0.538. The number of hydrogen-bond donors (Lipinski definition) is 0. The van der Waals surface area contributed by atoms with Gasteiger partial charge in [-0.2, -0.15) is 0 Å². The van der Waals surface area contributed by atoms with Crippen LogP contribution in [0.1, 0.15) is 42.4 Å². The monoisotopic (exact) mass is 438 g/mol. The number of amides is 1. The van der Waals surface area contributed by atoms with Gasteiger partial charge in [-0.1, -0.05) is 12.1 Å². The molecule has 1 fully saturated rings. The largest absolute Gasteiger partial charge is 0.490 e. The number of hydrogen-bond acceptors (Lipinski definition) is 7. The second kappa shape index (κ2) is 10.2. The molecule has 1 aromatic heterocycles. The molecule has 0 atom stereocenters. The van der Waals surface area contributed by atoms with Crippen LogP contribution in [-0.4, -0.2) is 48.1 Å². The highest BCUT2D eigenvalue weighted by Crippen LogP contribution is 2.29. The summed E-state index contributed by atoms with van der Waals surface area (Å²) in [6.07, 6.45) is 3.20. The molecule has 168 valence electrons. The van der Waals surface area contributed by atoms with Crippen LogP contribution in [0.3, 0.4) is 0 Å². The second-order valence-electron chi connectivity index (χ2n) is 7.48. The number of likely N-dealkylation sites (tertiary alicyclic amines) is 1. The highest BCUT2D eigenvalue weighted by Gasteiger charge is 2.19. The van der Waals surface area contributed by atoms with Crippen LogP contribution in [0.25, 0.3) is 11.1 Å². The summed E-state index contributed by atoms with van der Waals surface area (Å²) >= 11 is 0. The van der Waals surface area contributed by atoms with Crippen molar-refractivity contribution in [3.05, 3.63) is 53.9 Å². The topological polar surface area (TPSA) is 91.1 Å². The number of piperidine rings is 1. The molecule has 0 bridgehead atoms. The lowest BCUT2D eigenvalue weighted by Crippen LogP contribution is -2.38. The van der Waals surface area contributed by atoms with Gasteiger partial charge in [0.1, 0.15) is 5.52 Å². The van der Waals surface area contributed by atoms with E-state index in [1.807, 2.05) is 30.0 Å². The molecule has 8 nitrogen and oxygen atoms in total. The lowest BCUT2D eigenvalue weighted by atomic mass is 10.1. The van der Waals surface area contributed by atoms with Crippen LogP contribution in [0.15, 0.2) is 46.9 Å². The third-order valence-electron chi connectivity index (χ3n) is 5.20. The molecular formula is C24H26N2O6. The smallest absolute Gasteiger partial charge is 0.338 e. The molecule has 1 aliphatic heterocycles. The molecule has 0 aliphatic carbocycles. The maximum Gasteiger partial charge on any atom is 0.338 e. The molecule has 1 saturated heterocycles. The number of benzene rings is 2. The Morgan fingerprint density at radius 1 is 1.03 bits per heavy atom. The average molecular weight is 438 g/mol. The molecule has 8 heteroatoms. The molecule has 1 aliphatic rings. The molecule has 0 unspecified atom stereocenters. The number of esters is 1. The van der Waals surface area contributed by atoms with Gasteiger partial charge in [0, 0.05) is 13.1 Å². The van der Waals surface area contributed by atoms with Crippen LogP contribution in [0.2, 0.25) is 0 Å². The van der Waals surface area contributed by atoms with E-state index in [2.05, 4.69) is 4.98 Å². The first-order valence-electron chi connectivity index (χ1n) is 10.8. The number of rotatable bonds is 8. The van der Waals surface area contributed by atoms with E-state index in [4.69, 9.17) is 18.6 Å². The van der Waals surface area contributed by atoms with E-state index in [1.54, 1.807) is 24.3 Å². The molecule has 4 rings (SSSR count). The third-order valence-corrected chi connectivity index (χ3v) is 5.20. The van der Waals surface area contributed by atoms with Crippen molar-refractivity contribution >= 4 is 23.0 Å². The van der Waals surface area contributed by atoms with Crippen molar-refractivity contribution in [2.24, 2.45) is 0 Å². The van der Waals surface area contributed by atoms with Crippen LogP contribution in [0.5, 0.6) is 11.5 Å². The highest BCUT2D eigenvalue weighted by atomic mass is 16.5. The number of aromatic nitrogens is 1. The first-order valence-corrected chi connectivity index (χ1v) is 10.8. The zero-order chi connectivity index (χ0) is 22.3. The molecule has 2 heterocycles. The fraction of sp³-hybridized carbons (Fsp3) is 0.375. The minimum Gasteiger partial charge on any atom is -0.490 e. The Bertz CT molecular complexity index is 1050. The Morgan fingerprint density at radius 2 is 1.84 bits per heavy atom. The molecular weight excluding hydrogens is 412 g/mol. The molecule has 2 aromatic carbocycles. The number of nitrogens with zero attached hydrogens (tertiary/aromatic N) is 2. The van der Waals surface area contributed by atoms with E-state index in [-0.39, 0.29) is 19.1 Å². The predicted molar refractivity (Wildman–Crippen MR) is 117 cm³/mol. The zero-order valence-electron chi connectivity index (χ0n) is 18.0. The van der Waals surface area contributed by atoms with Gasteiger partial charge in [0.15, 0.2) is 30.3 Å². The quantitative estimate of drug-likeness (QED) is 0.491. The van der Waals surface area contributed by atoms with Crippen LogP contribution in [-0.2, 0) is 16.1 Å². The van der Waals surface area contributed by atoms with Gasteiger partial charge in [-0.05, 0) is 56.5 Å². The first kappa shape index (κ1) is 21.7. The third kappa shape index (κ3) is 5.19. The van der Waals surface area contributed by atoms with Gasteiger partial charge < -0.3 is 23.5 Å². The standard InChI is InChI=1S/C24H26N2O6/c1-2-29-21-14-17(10-11-20(21)30-16-23(27)26-12-6-3-7-13-26)24(28)31-15-22-25-18-8-4-5-9-19(18)32-22/h4-5,8-11,14H,2-3,6-7,12-13,15-16H2,1H3. The highest BCUT2D eigenvalue weighted by molar-refractivity contribution is 5.90. The molecule has 32 heavy (non-hydrogen) atoms. The van der Waals surface area contributed by atoms with Crippen molar-refractivity contribution in [1.82, 2.24) is 9.88 Å². The number of oxazole rings is 1. The van der Waals surface area contributed by atoms with Gasteiger partial charge in [0.25, 0.3) is 5.91 Å². The maximum absolute atomic E-state index is 12.5. The van der Waals surface area contributed by atoms with Crippen LogP contribution in [0, 0.1) is 0 Å². The van der Waals surface area contributed by atoms with Gasteiger partial charge in [0.2, 0.25) is 5.89 Å². The van der Waals surface area contributed by atoms with Gasteiger partial charge in [0.05, 0.1) is 12.2 Å². The Balaban J connectivity index is 1.38. The van der Waals surface area contributed by atoms with Crippen LogP contribution < -0.4 is 9.47 Å². The number of fused-ring (bicyclic) bond motifs is 1. The van der Waals surface area contributed by atoms with Crippen molar-refractivity contribution in [2.75, 3.05) is 26.3 Å². The lowest BCUT2D eigenvalue weighted by Gasteiger charge is -2.26. The number of carbonyl (C=O) groups excluding carboxylic acids is 2. The number of ether oxygens (including phenoxy) is 3. The molecule has 0 saturated carbocycles. The predicted octanol–water partition coefficient (Wildman–Crippen LogP) is 3.97. The summed E-state index contributed by atoms with van der Waals surface area (Å²) in [6, 6.07) is 12.1. The summed E-state index contributed by atoms with van der Waals surface area (Å²) in [5.74, 6) is 0.529. The van der Waals surface area contributed by atoms with Crippen molar-refractivity contribution in [2.45, 2.75) is 32.8 Å². The summed E-state index contributed by atoms with van der Waals surface area (Å²) < 4.78 is 22.2. The van der Waals surface area contributed by atoms with Crippen molar-refractivity contribution < 1.29 is 28.2 Å². The zero-order valence-corrected chi connectivity index (χ0v) is 18.0. The fourth-order valence-corrected chi connectivity index (χ4v) is 3.59. The van der Waals surface area contributed by atoms with Crippen LogP contribution in [0.4, 0.5) is 0 Å². The normalized spacial score (nSPS) is 13.7. The van der Waals surface area contributed by atoms with Gasteiger partial charge in [-0.3, -0.25) is 4.79 Å². The lowest BCUT2D eigenvalue weighted by molar-refractivity contribution is -0.134. The number of carbonyl (C=O) groups is 2. The molecule has 3 aromatic rings. The Morgan fingerprint density at radius 3 is 2.62 bits per heavy atom. The Labute approximate surface area is 186 Å². The minimum absolute atomic E-state index is 0.0473. The molecule has 0 spiro atoms. The molecule has 0 N–H and O–H groups in total. The first-order chi connectivity index (χ1) is 15.6. The van der Waals surface area contributed by atoms with E-state index in [1.165, 1.54) is 0 Å². The van der Waals surface area contributed by atoms with E-state index >= 15 is 0 Å². The van der Waals surface area contributed by atoms with E-state index in [0.717, 1.165) is 32.4 Å². The fourth-order valence-electron chi connectivity index (χ4n) is 3.59. The summed E-state index contributed by atoms with van der Waals surface area (Å²) in [7, 11) is 0. The SMILES string of the molecule is CCOc1cc(C(=O)OCc2nc3ccccc3o2)ccc1OCC(=O)N1CCCCC1. The summed E-state index contributed by atoms with van der Waals surface area (Å²) in [6.45, 7) is 3.61. The summed E-state index contributed by atoms with van der Waals surface area (Å²) in [5.41, 5.74) is 1.65. The Kier molecular flexibility index (Phi) is 6.89. The van der Waals surface area contributed by atoms with Crippen LogP contribution >= 0.6 is 0 Å². The van der Waals surface area contributed by atoms with Crippen molar-refractivity contribution in [3.8, 4) is 11.5 Å². The van der Waals surface area contributed by atoms with Crippen molar-refractivity contribution in [3.63, 3.8) is 0 Å². The average Bonchev–Trinajstić information content (AvgIpc) is 3.25. The second-order valence-corrected chi connectivity index (χ2v) is 7.48. The summed E-state index contributed by atoms with van der Waals surface area (Å²) in [5, 5.41) is 0. The van der Waals surface area contributed by atoms with Gasteiger partial charge >= 0.3 is 5.97 Å². The van der Waals surface area contributed by atoms with E-state index in [0.29, 0.717) is 40.7 Å². The summed E-state index contributed by atoms with van der Waals surface area (Å²) in [4.78, 5) is 31.0. The van der Waals surface area contributed by atoms with Gasteiger partial charge in [-0.15, -0.1) is 0 Å². The van der Waals surface area contributed by atoms with E-state index < -0.39 is 5.97 Å². The number of para-hydroxylation sites is 2. The maximum atomic E-state index is 12.5. The Hall–Kier alpha value is -3.55. The van der Waals surface area contributed by atoms with E-state index in [9.17, 15) is 9.59 Å². The molecule has 0 radical (unpaired) electrons. The molecule has 1 amide bonds. The van der Waals surface area contributed by atoms with Crippen molar-refractivity contribution in [1.29, 1.82) is 0 Å². The van der Waals surface area contributed by atoms with Gasteiger partial charge in [-0.25, -0.2) is 9.78 Å².